The van der Waals surface area contributed by atoms with E-state index in [2.05, 4.69) is 27.7 Å². The van der Waals surface area contributed by atoms with Gasteiger partial charge in [0, 0.05) is 0 Å². The molecule has 1 fully saturated rings. The van der Waals surface area contributed by atoms with Gasteiger partial charge in [-0.25, -0.2) is 0 Å². The van der Waals surface area contributed by atoms with E-state index in [0.717, 1.165) is 23.7 Å². The molecule has 0 radical (unpaired) electrons. The predicted molar refractivity (Wildman–Crippen MR) is 41.3 cm³/mol. The van der Waals surface area contributed by atoms with E-state index in [0.29, 0.717) is 0 Å². The van der Waals surface area contributed by atoms with E-state index >= 15 is 0 Å². The zero-order chi connectivity index (χ0) is 7.02. The van der Waals surface area contributed by atoms with Crippen LogP contribution in [0.3, 0.4) is 0 Å². The van der Waals surface area contributed by atoms with E-state index in [9.17, 15) is 0 Å². The largest absolute Gasteiger partial charge is 0.0622 e. The molecule has 0 aliphatic heterocycles. The second-order valence-corrected chi connectivity index (χ2v) is 3.91. The van der Waals surface area contributed by atoms with Gasteiger partial charge in [0.1, 0.15) is 0 Å². The number of rotatable bonds is 0. The van der Waals surface area contributed by atoms with E-state index in [-0.39, 0.29) is 0 Å². The molecule has 9 heavy (non-hydrogen) atoms. The minimum absolute atomic E-state index is 0.958. The molecule has 1 saturated carbocycles. The third-order valence-corrected chi connectivity index (χ3v) is 3.37. The van der Waals surface area contributed by atoms with Crippen LogP contribution in [0.1, 0.15) is 34.1 Å². The Hall–Kier alpha value is 0. The molecule has 1 aliphatic rings. The Morgan fingerprint density at radius 3 is 1.22 bits per heavy atom. The van der Waals surface area contributed by atoms with Crippen molar-refractivity contribution in [3.05, 3.63) is 0 Å². The summed E-state index contributed by atoms with van der Waals surface area (Å²) in [6.07, 6.45) is 1.45. The number of hydrogen-bond acceptors (Lipinski definition) is 0. The summed E-state index contributed by atoms with van der Waals surface area (Å²) in [4.78, 5) is 0. The highest BCUT2D eigenvalue weighted by atomic mass is 14.4. The highest BCUT2D eigenvalue weighted by Crippen LogP contribution is 2.40. The molecule has 54 valence electrons. The molecule has 0 bridgehead atoms. The monoisotopic (exact) mass is 126 g/mol. The minimum atomic E-state index is 0.958. The highest BCUT2D eigenvalue weighted by Gasteiger charge is 2.31. The zero-order valence-electron chi connectivity index (χ0n) is 7.02. The summed E-state index contributed by atoms with van der Waals surface area (Å²) in [5, 5.41) is 0. The van der Waals surface area contributed by atoms with Gasteiger partial charge in [0.25, 0.3) is 0 Å². The first-order valence-corrected chi connectivity index (χ1v) is 4.13. The Balaban J connectivity index is 2.54. The second kappa shape index (κ2) is 2.32. The van der Waals surface area contributed by atoms with Crippen molar-refractivity contribution in [2.24, 2.45) is 23.7 Å². The molecule has 0 spiro atoms. The third-order valence-electron chi connectivity index (χ3n) is 3.37. The molecule has 0 heteroatoms. The normalized spacial score (nSPS) is 52.0. The van der Waals surface area contributed by atoms with Gasteiger partial charge in [0.05, 0.1) is 0 Å². The lowest BCUT2D eigenvalue weighted by Gasteiger charge is -2.14. The topological polar surface area (TPSA) is 0 Å². The summed E-state index contributed by atoms with van der Waals surface area (Å²) in [7, 11) is 0. The second-order valence-electron chi connectivity index (χ2n) is 3.91. The summed E-state index contributed by atoms with van der Waals surface area (Å²) in [5.41, 5.74) is 0. The quantitative estimate of drug-likeness (QED) is 0.468. The molecule has 3 unspecified atom stereocenters. The fraction of sp³-hybridized carbons (Fsp3) is 1.00. The predicted octanol–water partition coefficient (Wildman–Crippen LogP) is 2.93. The fourth-order valence-corrected chi connectivity index (χ4v) is 2.05. The van der Waals surface area contributed by atoms with Crippen LogP contribution in [-0.4, -0.2) is 0 Å². The third kappa shape index (κ3) is 1.12. The molecule has 1 rings (SSSR count). The maximum atomic E-state index is 2.39. The van der Waals surface area contributed by atoms with Gasteiger partial charge in [-0.1, -0.05) is 27.7 Å². The summed E-state index contributed by atoms with van der Waals surface area (Å²) in [6, 6.07) is 0. The zero-order valence-corrected chi connectivity index (χ0v) is 7.02. The van der Waals surface area contributed by atoms with Crippen molar-refractivity contribution in [2.45, 2.75) is 34.1 Å². The van der Waals surface area contributed by atoms with Crippen molar-refractivity contribution in [2.75, 3.05) is 0 Å². The molecule has 1 aliphatic carbocycles. The van der Waals surface area contributed by atoms with E-state index < -0.39 is 0 Å². The van der Waals surface area contributed by atoms with E-state index in [1.165, 1.54) is 6.42 Å². The standard InChI is InChI=1S/C9H18/c1-6-5-7(2)9(4)8(6)3/h6-9H,5H2,1-4H3/t6?,7?,8-,9?/m1/s1. The summed E-state index contributed by atoms with van der Waals surface area (Å²) in [5.74, 6) is 3.85. The van der Waals surface area contributed by atoms with Crippen LogP contribution in [0.15, 0.2) is 0 Å². The lowest BCUT2D eigenvalue weighted by atomic mass is 9.92. The van der Waals surface area contributed by atoms with E-state index in [4.69, 9.17) is 0 Å². The number of hydrogen-bond donors (Lipinski definition) is 0. The van der Waals surface area contributed by atoms with Crippen molar-refractivity contribution < 1.29 is 0 Å². The lowest BCUT2D eigenvalue weighted by molar-refractivity contribution is 0.352. The van der Waals surface area contributed by atoms with Gasteiger partial charge < -0.3 is 0 Å². The summed E-state index contributed by atoms with van der Waals surface area (Å²) in [6.45, 7) is 9.53. The van der Waals surface area contributed by atoms with Gasteiger partial charge in [0.2, 0.25) is 0 Å². The molecule has 0 N–H and O–H groups in total. The molecule has 0 heterocycles. The van der Waals surface area contributed by atoms with Gasteiger partial charge in [-0.15, -0.1) is 0 Å². The smallest absolute Gasteiger partial charge is 0.0389 e. The van der Waals surface area contributed by atoms with Gasteiger partial charge in [-0.2, -0.15) is 0 Å². The first kappa shape index (κ1) is 7.11. The maximum absolute atomic E-state index is 2.39. The van der Waals surface area contributed by atoms with Crippen LogP contribution in [-0.2, 0) is 0 Å². The first-order chi connectivity index (χ1) is 4.13. The summed E-state index contributed by atoms with van der Waals surface area (Å²) < 4.78 is 0. The Morgan fingerprint density at radius 2 is 1.11 bits per heavy atom. The highest BCUT2D eigenvalue weighted by molar-refractivity contribution is 4.81. The fourth-order valence-electron chi connectivity index (χ4n) is 2.05. The van der Waals surface area contributed by atoms with Gasteiger partial charge in [-0.3, -0.25) is 0 Å². The van der Waals surface area contributed by atoms with Crippen molar-refractivity contribution in [1.29, 1.82) is 0 Å². The molecular formula is C9H18. The Morgan fingerprint density at radius 1 is 0.778 bits per heavy atom. The molecule has 4 atom stereocenters. The SMILES string of the molecule is CC1CC(C)[C@@H](C)C1C. The first-order valence-electron chi connectivity index (χ1n) is 4.13. The Bertz CT molecular complexity index is 84.2. The van der Waals surface area contributed by atoms with Crippen molar-refractivity contribution in [1.82, 2.24) is 0 Å². The van der Waals surface area contributed by atoms with Crippen molar-refractivity contribution in [3.8, 4) is 0 Å². The maximum Gasteiger partial charge on any atom is -0.0389 e. The van der Waals surface area contributed by atoms with Crippen LogP contribution >= 0.6 is 0 Å². The average Bonchev–Trinajstić information content (AvgIpc) is 1.98. The van der Waals surface area contributed by atoms with E-state index in [1.54, 1.807) is 0 Å². The van der Waals surface area contributed by atoms with E-state index in [1.807, 2.05) is 0 Å². The van der Waals surface area contributed by atoms with Crippen molar-refractivity contribution in [3.63, 3.8) is 0 Å². The van der Waals surface area contributed by atoms with Crippen LogP contribution in [0.4, 0.5) is 0 Å². The Labute approximate surface area is 58.7 Å². The molecule has 0 aromatic carbocycles. The minimum Gasteiger partial charge on any atom is -0.0622 e. The molecule has 0 saturated heterocycles. The average molecular weight is 126 g/mol. The Kier molecular flexibility index (Phi) is 1.83. The van der Waals surface area contributed by atoms with Gasteiger partial charge in [0.15, 0.2) is 0 Å². The molecular weight excluding hydrogens is 108 g/mol. The molecule has 0 amide bonds. The molecule has 0 aromatic heterocycles. The van der Waals surface area contributed by atoms with Crippen molar-refractivity contribution >= 4 is 0 Å². The summed E-state index contributed by atoms with van der Waals surface area (Å²) >= 11 is 0. The lowest BCUT2D eigenvalue weighted by Crippen LogP contribution is -2.07. The van der Waals surface area contributed by atoms with Crippen LogP contribution in [0, 0.1) is 23.7 Å². The van der Waals surface area contributed by atoms with Crippen LogP contribution < -0.4 is 0 Å². The van der Waals surface area contributed by atoms with Gasteiger partial charge >= 0.3 is 0 Å². The molecule has 0 aromatic rings. The van der Waals surface area contributed by atoms with Crippen LogP contribution in [0.25, 0.3) is 0 Å². The van der Waals surface area contributed by atoms with Crippen LogP contribution in [0.5, 0.6) is 0 Å². The van der Waals surface area contributed by atoms with Gasteiger partial charge in [-0.05, 0) is 30.1 Å². The van der Waals surface area contributed by atoms with Crippen LogP contribution in [0.2, 0.25) is 0 Å². The molecule has 0 nitrogen and oxygen atoms in total.